The standard InChI is InChI=1S/C19H28O4/c1-7-11-19(14(2)3,12-10-18(20)23-6)15-8-9-16(21-4)17(13-15)22-5/h7-9,11,13-14H,10,12H2,1-6H3/b11-7+/t19-/m1/s1. The highest BCUT2D eigenvalue weighted by atomic mass is 16.5. The molecule has 0 N–H and O–H groups in total. The Morgan fingerprint density at radius 1 is 1.17 bits per heavy atom. The van der Waals surface area contributed by atoms with Crippen LogP contribution in [0.4, 0.5) is 0 Å². The summed E-state index contributed by atoms with van der Waals surface area (Å²) in [5.41, 5.74) is 0.842. The average molecular weight is 320 g/mol. The van der Waals surface area contributed by atoms with E-state index < -0.39 is 0 Å². The fraction of sp³-hybridized carbons (Fsp3) is 0.526. The van der Waals surface area contributed by atoms with Crippen LogP contribution in [0, 0.1) is 5.92 Å². The van der Waals surface area contributed by atoms with Crippen LogP contribution >= 0.6 is 0 Å². The lowest BCUT2D eigenvalue weighted by Gasteiger charge is -2.36. The van der Waals surface area contributed by atoms with E-state index in [9.17, 15) is 4.79 Å². The van der Waals surface area contributed by atoms with Gasteiger partial charge in [0.1, 0.15) is 0 Å². The van der Waals surface area contributed by atoms with E-state index in [0.717, 1.165) is 5.56 Å². The molecule has 1 aromatic rings. The van der Waals surface area contributed by atoms with Crippen molar-refractivity contribution in [2.24, 2.45) is 5.92 Å². The fourth-order valence-electron chi connectivity index (χ4n) is 2.97. The third-order valence-electron chi connectivity index (χ3n) is 4.39. The van der Waals surface area contributed by atoms with Crippen LogP contribution in [-0.2, 0) is 14.9 Å². The van der Waals surface area contributed by atoms with Crippen LogP contribution in [0.1, 0.15) is 39.2 Å². The van der Waals surface area contributed by atoms with Crippen LogP contribution in [0.25, 0.3) is 0 Å². The molecule has 0 aliphatic carbocycles. The molecule has 0 aliphatic rings. The largest absolute Gasteiger partial charge is 0.493 e. The smallest absolute Gasteiger partial charge is 0.305 e. The first-order valence-corrected chi connectivity index (χ1v) is 7.88. The summed E-state index contributed by atoms with van der Waals surface area (Å²) in [4.78, 5) is 11.6. The van der Waals surface area contributed by atoms with Gasteiger partial charge in [0.05, 0.1) is 21.3 Å². The van der Waals surface area contributed by atoms with Crippen molar-refractivity contribution in [2.45, 2.75) is 39.0 Å². The van der Waals surface area contributed by atoms with Crippen LogP contribution in [-0.4, -0.2) is 27.3 Å². The van der Waals surface area contributed by atoms with Gasteiger partial charge in [0.15, 0.2) is 11.5 Å². The van der Waals surface area contributed by atoms with Crippen molar-refractivity contribution in [3.63, 3.8) is 0 Å². The molecule has 4 heteroatoms. The highest BCUT2D eigenvalue weighted by Gasteiger charge is 2.34. The molecule has 0 saturated carbocycles. The molecule has 0 heterocycles. The minimum absolute atomic E-state index is 0.194. The Labute approximate surface area is 139 Å². The first kappa shape index (κ1) is 19.1. The van der Waals surface area contributed by atoms with Gasteiger partial charge in [0.25, 0.3) is 0 Å². The monoisotopic (exact) mass is 320 g/mol. The van der Waals surface area contributed by atoms with Gasteiger partial charge in [-0.1, -0.05) is 32.1 Å². The zero-order valence-corrected chi connectivity index (χ0v) is 15.0. The number of hydrogen-bond acceptors (Lipinski definition) is 4. The van der Waals surface area contributed by atoms with Gasteiger partial charge in [0, 0.05) is 11.8 Å². The first-order valence-electron chi connectivity index (χ1n) is 7.88. The molecule has 0 radical (unpaired) electrons. The van der Waals surface area contributed by atoms with Crippen molar-refractivity contribution in [2.75, 3.05) is 21.3 Å². The normalized spacial score (nSPS) is 13.9. The maximum Gasteiger partial charge on any atom is 0.305 e. The summed E-state index contributed by atoms with van der Waals surface area (Å²) in [7, 11) is 4.67. The topological polar surface area (TPSA) is 44.8 Å². The van der Waals surface area contributed by atoms with Gasteiger partial charge < -0.3 is 14.2 Å². The van der Waals surface area contributed by atoms with Crippen molar-refractivity contribution >= 4 is 5.97 Å². The second-order valence-electron chi connectivity index (χ2n) is 5.84. The summed E-state index contributed by atoms with van der Waals surface area (Å²) < 4.78 is 15.6. The fourth-order valence-corrected chi connectivity index (χ4v) is 2.97. The predicted octanol–water partition coefficient (Wildman–Crippen LogP) is 4.13. The summed E-state index contributed by atoms with van der Waals surface area (Å²) >= 11 is 0. The van der Waals surface area contributed by atoms with E-state index in [4.69, 9.17) is 14.2 Å². The summed E-state index contributed by atoms with van der Waals surface area (Å²) in [6.45, 7) is 6.32. The second kappa shape index (κ2) is 8.61. The van der Waals surface area contributed by atoms with Gasteiger partial charge in [0.2, 0.25) is 0 Å². The van der Waals surface area contributed by atoms with E-state index in [-0.39, 0.29) is 11.4 Å². The van der Waals surface area contributed by atoms with Crippen molar-refractivity contribution in [1.29, 1.82) is 0 Å². The summed E-state index contributed by atoms with van der Waals surface area (Å²) in [6, 6.07) is 5.95. The maximum absolute atomic E-state index is 11.6. The van der Waals surface area contributed by atoms with Gasteiger partial charge in [-0.05, 0) is 37.0 Å². The average Bonchev–Trinajstić information content (AvgIpc) is 2.57. The van der Waals surface area contributed by atoms with Gasteiger partial charge in [-0.25, -0.2) is 0 Å². The number of ether oxygens (including phenoxy) is 3. The van der Waals surface area contributed by atoms with E-state index in [2.05, 4.69) is 19.9 Å². The molecule has 0 saturated heterocycles. The van der Waals surface area contributed by atoms with E-state index >= 15 is 0 Å². The minimum atomic E-state index is -0.261. The first-order chi connectivity index (χ1) is 10.9. The van der Waals surface area contributed by atoms with Gasteiger partial charge in [-0.2, -0.15) is 0 Å². The molecule has 128 valence electrons. The lowest BCUT2D eigenvalue weighted by atomic mass is 9.68. The zero-order valence-electron chi connectivity index (χ0n) is 15.0. The van der Waals surface area contributed by atoms with E-state index in [1.165, 1.54) is 7.11 Å². The maximum atomic E-state index is 11.6. The molecule has 0 aromatic heterocycles. The molecular weight excluding hydrogens is 292 g/mol. The Hall–Kier alpha value is -1.97. The van der Waals surface area contributed by atoms with E-state index in [1.807, 2.05) is 31.2 Å². The summed E-state index contributed by atoms with van der Waals surface area (Å²) in [6.07, 6.45) is 5.25. The summed E-state index contributed by atoms with van der Waals surface area (Å²) in [5.74, 6) is 1.50. The number of esters is 1. The Bertz CT molecular complexity index is 548. The highest BCUT2D eigenvalue weighted by molar-refractivity contribution is 5.69. The highest BCUT2D eigenvalue weighted by Crippen LogP contribution is 2.42. The molecule has 0 spiro atoms. The molecular formula is C19H28O4. The second-order valence-corrected chi connectivity index (χ2v) is 5.84. The molecule has 0 amide bonds. The predicted molar refractivity (Wildman–Crippen MR) is 92.1 cm³/mol. The van der Waals surface area contributed by atoms with Crippen molar-refractivity contribution in [3.8, 4) is 11.5 Å². The number of benzene rings is 1. The minimum Gasteiger partial charge on any atom is -0.493 e. The van der Waals surface area contributed by atoms with Crippen molar-refractivity contribution < 1.29 is 19.0 Å². The number of rotatable bonds is 8. The van der Waals surface area contributed by atoms with Gasteiger partial charge in [-0.15, -0.1) is 0 Å². The molecule has 23 heavy (non-hydrogen) atoms. The third kappa shape index (κ3) is 4.27. The number of carbonyl (C=O) groups is 1. The van der Waals surface area contributed by atoms with Crippen LogP contribution < -0.4 is 9.47 Å². The molecule has 4 nitrogen and oxygen atoms in total. The molecule has 1 aromatic carbocycles. The molecule has 1 atom stereocenters. The van der Waals surface area contributed by atoms with E-state index in [0.29, 0.717) is 30.3 Å². The van der Waals surface area contributed by atoms with E-state index in [1.54, 1.807) is 14.2 Å². The van der Waals surface area contributed by atoms with Crippen LogP contribution in [0.5, 0.6) is 11.5 Å². The Balaban J connectivity index is 3.35. The number of carbonyl (C=O) groups excluding carboxylic acids is 1. The van der Waals surface area contributed by atoms with Crippen LogP contribution in [0.3, 0.4) is 0 Å². The number of methoxy groups -OCH3 is 3. The lowest BCUT2D eigenvalue weighted by molar-refractivity contribution is -0.141. The Kier molecular flexibility index (Phi) is 7.14. The van der Waals surface area contributed by atoms with Crippen molar-refractivity contribution in [1.82, 2.24) is 0 Å². The Morgan fingerprint density at radius 2 is 1.83 bits per heavy atom. The molecule has 0 bridgehead atoms. The molecule has 0 unspecified atom stereocenters. The zero-order chi connectivity index (χ0) is 17.5. The molecule has 1 rings (SSSR count). The quantitative estimate of drug-likeness (QED) is 0.534. The number of hydrogen-bond donors (Lipinski definition) is 0. The molecule has 0 aliphatic heterocycles. The van der Waals surface area contributed by atoms with Crippen molar-refractivity contribution in [3.05, 3.63) is 35.9 Å². The lowest BCUT2D eigenvalue weighted by Crippen LogP contribution is -2.31. The SMILES string of the molecule is C/C=C/[C@](CCC(=O)OC)(c1ccc(OC)c(OC)c1)C(C)C. The number of allylic oxidation sites excluding steroid dienone is 2. The van der Waals surface area contributed by atoms with Crippen LogP contribution in [0.2, 0.25) is 0 Å². The Morgan fingerprint density at radius 3 is 2.30 bits per heavy atom. The summed E-state index contributed by atoms with van der Waals surface area (Å²) in [5, 5.41) is 0. The van der Waals surface area contributed by atoms with Gasteiger partial charge >= 0.3 is 5.97 Å². The van der Waals surface area contributed by atoms with Crippen LogP contribution in [0.15, 0.2) is 30.4 Å². The van der Waals surface area contributed by atoms with Gasteiger partial charge in [-0.3, -0.25) is 4.79 Å². The molecule has 0 fully saturated rings. The third-order valence-corrected chi connectivity index (χ3v) is 4.39.